The molecule has 0 atom stereocenters. The molecule has 5 nitrogen and oxygen atoms in total. The quantitative estimate of drug-likeness (QED) is 0.730. The molecule has 0 heterocycles. The predicted octanol–water partition coefficient (Wildman–Crippen LogP) is 3.15. The number of carbonyl (C=O) groups excluding carboxylic acids is 1. The van der Waals surface area contributed by atoms with Crippen LogP contribution in [0, 0.1) is 17.8 Å². The average Bonchev–Trinajstić information content (AvgIpc) is 2.54. The topological polar surface area (TPSA) is 78.4 Å². The normalized spacial score (nSPS) is 32.2. The summed E-state index contributed by atoms with van der Waals surface area (Å²) in [5, 5.41) is 15.0. The Morgan fingerprint density at radius 1 is 0.955 bits per heavy atom. The van der Waals surface area contributed by atoms with E-state index in [1.807, 2.05) is 0 Å². The predicted molar refractivity (Wildman–Crippen MR) is 85.7 cm³/mol. The molecule has 126 valence electrons. The molecule has 5 heteroatoms. The molecular weight excluding hydrogens is 280 g/mol. The van der Waals surface area contributed by atoms with Crippen molar-refractivity contribution in [2.24, 2.45) is 17.8 Å². The number of carboxylic acids is 1. The lowest BCUT2D eigenvalue weighted by Crippen LogP contribution is -2.45. The standard InChI is InChI=1S/C17H30N2O3/c1-2-12-3-5-13(6-4-12)11-18-17(22)19-15-9-7-14(8-10-15)16(20)21/h12-15H,2-11H2,1H3,(H,20,21)(H2,18,19,22). The second-order valence-corrected chi connectivity index (χ2v) is 7.04. The summed E-state index contributed by atoms with van der Waals surface area (Å²) < 4.78 is 0. The Hall–Kier alpha value is -1.26. The number of rotatable bonds is 5. The Morgan fingerprint density at radius 2 is 1.55 bits per heavy atom. The summed E-state index contributed by atoms with van der Waals surface area (Å²) in [6, 6.07) is 0.0443. The zero-order chi connectivity index (χ0) is 15.9. The van der Waals surface area contributed by atoms with Gasteiger partial charge in [0, 0.05) is 12.6 Å². The zero-order valence-electron chi connectivity index (χ0n) is 13.6. The minimum atomic E-state index is -0.703. The van der Waals surface area contributed by atoms with Crippen molar-refractivity contribution in [1.82, 2.24) is 10.6 Å². The number of nitrogens with one attached hydrogen (secondary N) is 2. The highest BCUT2D eigenvalue weighted by Crippen LogP contribution is 2.30. The fourth-order valence-corrected chi connectivity index (χ4v) is 3.80. The maximum atomic E-state index is 12.0. The van der Waals surface area contributed by atoms with Crippen molar-refractivity contribution in [1.29, 1.82) is 0 Å². The molecule has 2 amide bonds. The summed E-state index contributed by atoms with van der Waals surface area (Å²) in [7, 11) is 0. The molecule has 3 N–H and O–H groups in total. The van der Waals surface area contributed by atoms with Gasteiger partial charge in [-0.3, -0.25) is 4.79 Å². The van der Waals surface area contributed by atoms with Crippen LogP contribution in [0.4, 0.5) is 4.79 Å². The maximum absolute atomic E-state index is 12.0. The molecular formula is C17H30N2O3. The van der Waals surface area contributed by atoms with E-state index in [4.69, 9.17) is 5.11 Å². The van der Waals surface area contributed by atoms with Gasteiger partial charge in [0.05, 0.1) is 5.92 Å². The Balaban J connectivity index is 1.60. The molecule has 0 aromatic rings. The zero-order valence-corrected chi connectivity index (χ0v) is 13.6. The molecule has 2 saturated carbocycles. The molecule has 0 saturated heterocycles. The number of hydrogen-bond acceptors (Lipinski definition) is 2. The van der Waals surface area contributed by atoms with Crippen molar-refractivity contribution in [3.63, 3.8) is 0 Å². The number of urea groups is 1. The first-order valence-electron chi connectivity index (χ1n) is 8.85. The molecule has 0 radical (unpaired) electrons. The number of aliphatic carboxylic acids is 1. The summed E-state index contributed by atoms with van der Waals surface area (Å²) in [5.41, 5.74) is 0. The van der Waals surface area contributed by atoms with Crippen molar-refractivity contribution in [2.75, 3.05) is 6.54 Å². The molecule has 0 aromatic heterocycles. The van der Waals surface area contributed by atoms with Gasteiger partial charge in [-0.2, -0.15) is 0 Å². The summed E-state index contributed by atoms with van der Waals surface area (Å²) in [4.78, 5) is 22.9. The van der Waals surface area contributed by atoms with E-state index < -0.39 is 5.97 Å². The Labute approximate surface area is 133 Å². The summed E-state index contributed by atoms with van der Waals surface area (Å²) in [6.45, 7) is 3.03. The lowest BCUT2D eigenvalue weighted by molar-refractivity contribution is -0.142. The molecule has 0 bridgehead atoms. The number of hydrogen-bond donors (Lipinski definition) is 3. The summed E-state index contributed by atoms with van der Waals surface area (Å²) in [6.07, 6.45) is 9.19. The highest BCUT2D eigenvalue weighted by molar-refractivity contribution is 5.74. The molecule has 0 spiro atoms. The second-order valence-electron chi connectivity index (χ2n) is 7.04. The minimum absolute atomic E-state index is 0.0867. The second kappa shape index (κ2) is 8.39. The van der Waals surface area contributed by atoms with Crippen molar-refractivity contribution in [3.05, 3.63) is 0 Å². The van der Waals surface area contributed by atoms with Crippen LogP contribution in [-0.4, -0.2) is 29.7 Å². The van der Waals surface area contributed by atoms with E-state index in [0.29, 0.717) is 18.8 Å². The van der Waals surface area contributed by atoms with Crippen molar-refractivity contribution >= 4 is 12.0 Å². The molecule has 0 unspecified atom stereocenters. The van der Waals surface area contributed by atoms with E-state index >= 15 is 0 Å². The third kappa shape index (κ3) is 5.18. The molecule has 2 rings (SSSR count). The van der Waals surface area contributed by atoms with Crippen molar-refractivity contribution < 1.29 is 14.7 Å². The molecule has 22 heavy (non-hydrogen) atoms. The summed E-state index contributed by atoms with van der Waals surface area (Å²) in [5.74, 6) is 0.575. The Morgan fingerprint density at radius 3 is 2.09 bits per heavy atom. The number of amides is 2. The van der Waals surface area contributed by atoms with Crippen LogP contribution in [0.15, 0.2) is 0 Å². The SMILES string of the molecule is CCC1CCC(CNC(=O)NC2CCC(C(=O)O)CC2)CC1. The first-order valence-corrected chi connectivity index (χ1v) is 8.85. The molecule has 2 fully saturated rings. The Kier molecular flexibility index (Phi) is 6.52. The van der Waals surface area contributed by atoms with Crippen LogP contribution in [-0.2, 0) is 4.79 Å². The van der Waals surface area contributed by atoms with Crippen molar-refractivity contribution in [3.8, 4) is 0 Å². The lowest BCUT2D eigenvalue weighted by atomic mass is 9.81. The van der Waals surface area contributed by atoms with Gasteiger partial charge in [0.2, 0.25) is 0 Å². The maximum Gasteiger partial charge on any atom is 0.315 e. The molecule has 2 aliphatic carbocycles. The third-order valence-electron chi connectivity index (χ3n) is 5.51. The van der Waals surface area contributed by atoms with E-state index in [0.717, 1.165) is 25.3 Å². The van der Waals surface area contributed by atoms with Gasteiger partial charge < -0.3 is 15.7 Å². The fourth-order valence-electron chi connectivity index (χ4n) is 3.80. The van der Waals surface area contributed by atoms with Crippen molar-refractivity contribution in [2.45, 2.75) is 70.8 Å². The molecule has 0 aromatic carbocycles. The number of carboxylic acid groups (broad SMARTS) is 1. The van der Waals surface area contributed by atoms with Gasteiger partial charge in [0.1, 0.15) is 0 Å². The molecule has 2 aliphatic rings. The van der Waals surface area contributed by atoms with Crippen LogP contribution < -0.4 is 10.6 Å². The van der Waals surface area contributed by atoms with Crippen LogP contribution >= 0.6 is 0 Å². The van der Waals surface area contributed by atoms with E-state index in [1.165, 1.54) is 32.1 Å². The summed E-state index contributed by atoms with van der Waals surface area (Å²) >= 11 is 0. The first-order chi connectivity index (χ1) is 10.6. The largest absolute Gasteiger partial charge is 0.481 e. The monoisotopic (exact) mass is 310 g/mol. The van der Waals surface area contributed by atoms with Gasteiger partial charge in [-0.05, 0) is 50.4 Å². The third-order valence-corrected chi connectivity index (χ3v) is 5.51. The van der Waals surface area contributed by atoms with Crippen LogP contribution in [0.2, 0.25) is 0 Å². The van der Waals surface area contributed by atoms with Crippen LogP contribution in [0.25, 0.3) is 0 Å². The van der Waals surface area contributed by atoms with Gasteiger partial charge in [0.25, 0.3) is 0 Å². The highest BCUT2D eigenvalue weighted by Gasteiger charge is 2.27. The molecule has 0 aliphatic heterocycles. The van der Waals surface area contributed by atoms with Crippen LogP contribution in [0.5, 0.6) is 0 Å². The van der Waals surface area contributed by atoms with Crippen LogP contribution in [0.3, 0.4) is 0 Å². The highest BCUT2D eigenvalue weighted by atomic mass is 16.4. The number of carbonyl (C=O) groups is 2. The lowest BCUT2D eigenvalue weighted by Gasteiger charge is -2.29. The van der Waals surface area contributed by atoms with E-state index in [1.54, 1.807) is 0 Å². The van der Waals surface area contributed by atoms with Crippen LogP contribution in [0.1, 0.15) is 64.7 Å². The van der Waals surface area contributed by atoms with Gasteiger partial charge in [0.15, 0.2) is 0 Å². The van der Waals surface area contributed by atoms with Gasteiger partial charge in [-0.25, -0.2) is 4.79 Å². The smallest absolute Gasteiger partial charge is 0.315 e. The Bertz CT molecular complexity index is 370. The van der Waals surface area contributed by atoms with Gasteiger partial charge in [-0.1, -0.05) is 26.2 Å². The van der Waals surface area contributed by atoms with Gasteiger partial charge >= 0.3 is 12.0 Å². The average molecular weight is 310 g/mol. The first kappa shape index (κ1) is 17.1. The van der Waals surface area contributed by atoms with E-state index in [9.17, 15) is 9.59 Å². The van der Waals surface area contributed by atoms with E-state index in [-0.39, 0.29) is 18.0 Å². The fraction of sp³-hybridized carbons (Fsp3) is 0.882. The minimum Gasteiger partial charge on any atom is -0.481 e. The van der Waals surface area contributed by atoms with Gasteiger partial charge in [-0.15, -0.1) is 0 Å². The van der Waals surface area contributed by atoms with E-state index in [2.05, 4.69) is 17.6 Å².